The van der Waals surface area contributed by atoms with Crippen molar-refractivity contribution in [3.63, 3.8) is 0 Å². The number of benzene rings is 1. The van der Waals surface area contributed by atoms with Gasteiger partial charge in [0.15, 0.2) is 11.6 Å². The Morgan fingerprint density at radius 1 is 1.00 bits per heavy atom. The average Bonchev–Trinajstić information content (AvgIpc) is 3.19. The van der Waals surface area contributed by atoms with E-state index in [1.54, 1.807) is 17.9 Å². The molecule has 2 fully saturated rings. The second-order valence-electron chi connectivity index (χ2n) is 11.2. The Hall–Kier alpha value is -3.32. The standard InChI is InChI=1S/C31H33NO6/c1-17-15-24(34)28-23(29(17)35)16-22-19(26(28)20-9-5-6-10-25(20)38-14-13-33)11-12-21-27(22)31(37)32(30(21)36)18-7-3-2-4-8-18/h5-6,9-11,15,18,21-22,26-27,33H,2-4,7-8,12-14,16H2,1H3. The third-order valence-electron chi connectivity index (χ3n) is 9.12. The Balaban J connectivity index is 1.46. The van der Waals surface area contributed by atoms with Crippen LogP contribution in [0.3, 0.4) is 0 Å². The lowest BCUT2D eigenvalue weighted by Gasteiger charge is -2.42. The number of nitrogens with zero attached hydrogens (tertiary/aromatic N) is 1. The third-order valence-corrected chi connectivity index (χ3v) is 9.12. The Kier molecular flexibility index (Phi) is 6.42. The largest absolute Gasteiger partial charge is 0.491 e. The summed E-state index contributed by atoms with van der Waals surface area (Å²) in [6, 6.07) is 7.34. The van der Waals surface area contributed by atoms with Gasteiger partial charge < -0.3 is 9.84 Å². The summed E-state index contributed by atoms with van der Waals surface area (Å²) in [5.74, 6) is -1.86. The molecule has 1 aromatic carbocycles. The first-order valence-corrected chi connectivity index (χ1v) is 13.8. The zero-order chi connectivity index (χ0) is 26.6. The Morgan fingerprint density at radius 2 is 1.76 bits per heavy atom. The first-order valence-electron chi connectivity index (χ1n) is 13.8. The number of aliphatic hydroxyl groups is 1. The maximum absolute atomic E-state index is 14.0. The summed E-state index contributed by atoms with van der Waals surface area (Å²) in [6.07, 6.45) is 9.07. The summed E-state index contributed by atoms with van der Waals surface area (Å²) < 4.78 is 5.86. The molecule has 0 bridgehead atoms. The number of rotatable bonds is 5. The molecule has 7 nitrogen and oxygen atoms in total. The fraction of sp³-hybridized carbons (Fsp3) is 0.484. The maximum atomic E-state index is 14.0. The van der Waals surface area contributed by atoms with Crippen LogP contribution in [0.25, 0.3) is 0 Å². The molecule has 4 atom stereocenters. The number of hydrogen-bond donors (Lipinski definition) is 1. The van der Waals surface area contributed by atoms with Gasteiger partial charge in [0.05, 0.1) is 18.4 Å². The van der Waals surface area contributed by atoms with Gasteiger partial charge >= 0.3 is 0 Å². The molecule has 198 valence electrons. The lowest BCUT2D eigenvalue weighted by Crippen LogP contribution is -2.43. The van der Waals surface area contributed by atoms with E-state index in [2.05, 4.69) is 0 Å². The van der Waals surface area contributed by atoms with Crippen LogP contribution in [0.1, 0.15) is 63.4 Å². The molecule has 0 aromatic heterocycles. The Bertz CT molecular complexity index is 1310. The minimum atomic E-state index is -0.549. The molecule has 5 aliphatic rings. The number of fused-ring (bicyclic) bond motifs is 3. The topological polar surface area (TPSA) is 101 Å². The number of carbonyl (C=O) groups is 4. The van der Waals surface area contributed by atoms with Crippen molar-refractivity contribution in [2.45, 2.75) is 63.8 Å². The van der Waals surface area contributed by atoms with Crippen molar-refractivity contribution in [1.82, 2.24) is 4.90 Å². The van der Waals surface area contributed by atoms with Crippen LogP contribution >= 0.6 is 0 Å². The summed E-state index contributed by atoms with van der Waals surface area (Å²) in [7, 11) is 0. The fourth-order valence-electron chi connectivity index (χ4n) is 7.47. The van der Waals surface area contributed by atoms with E-state index >= 15 is 0 Å². The molecule has 1 N–H and O–H groups in total. The smallest absolute Gasteiger partial charge is 0.233 e. The summed E-state index contributed by atoms with van der Waals surface area (Å²) in [5, 5.41) is 9.37. The van der Waals surface area contributed by atoms with E-state index in [4.69, 9.17) is 4.74 Å². The molecule has 7 heteroatoms. The predicted molar refractivity (Wildman–Crippen MR) is 139 cm³/mol. The first-order chi connectivity index (χ1) is 18.4. The molecule has 0 spiro atoms. The highest BCUT2D eigenvalue weighted by atomic mass is 16.5. The van der Waals surface area contributed by atoms with Gasteiger partial charge in [-0.05, 0) is 50.7 Å². The van der Waals surface area contributed by atoms with Crippen molar-refractivity contribution in [2.24, 2.45) is 17.8 Å². The van der Waals surface area contributed by atoms with Crippen LogP contribution in [0.5, 0.6) is 5.75 Å². The highest BCUT2D eigenvalue weighted by Crippen LogP contribution is 2.56. The van der Waals surface area contributed by atoms with Crippen molar-refractivity contribution in [1.29, 1.82) is 0 Å². The van der Waals surface area contributed by atoms with Crippen LogP contribution in [0.15, 0.2) is 58.7 Å². The molecule has 4 unspecified atom stereocenters. The molecule has 2 amide bonds. The van der Waals surface area contributed by atoms with E-state index < -0.39 is 17.8 Å². The number of carbonyl (C=O) groups excluding carboxylic acids is 4. The van der Waals surface area contributed by atoms with Crippen LogP contribution in [-0.4, -0.2) is 52.6 Å². The van der Waals surface area contributed by atoms with Gasteiger partial charge in [-0.15, -0.1) is 0 Å². The maximum Gasteiger partial charge on any atom is 0.233 e. The lowest BCUT2D eigenvalue weighted by atomic mass is 9.59. The first kappa shape index (κ1) is 25.0. The Morgan fingerprint density at radius 3 is 2.53 bits per heavy atom. The number of imide groups is 1. The van der Waals surface area contributed by atoms with Crippen molar-refractivity contribution in [3.8, 4) is 5.75 Å². The summed E-state index contributed by atoms with van der Waals surface area (Å²) in [5.41, 5.74) is 2.96. The summed E-state index contributed by atoms with van der Waals surface area (Å²) in [6.45, 7) is 1.59. The van der Waals surface area contributed by atoms with E-state index in [0.29, 0.717) is 28.9 Å². The number of ketones is 2. The van der Waals surface area contributed by atoms with Gasteiger partial charge in [-0.2, -0.15) is 0 Å². The van der Waals surface area contributed by atoms with Gasteiger partial charge in [0.1, 0.15) is 12.4 Å². The number of likely N-dealkylation sites (tertiary alicyclic amines) is 1. The van der Waals surface area contributed by atoms with Crippen molar-refractivity contribution in [2.75, 3.05) is 13.2 Å². The van der Waals surface area contributed by atoms with Crippen LogP contribution in [-0.2, 0) is 19.2 Å². The highest BCUT2D eigenvalue weighted by Gasteiger charge is 2.57. The number of hydrogen-bond acceptors (Lipinski definition) is 6. The molecule has 1 heterocycles. The van der Waals surface area contributed by atoms with Crippen LogP contribution in [0, 0.1) is 17.8 Å². The van der Waals surface area contributed by atoms with Crippen molar-refractivity contribution in [3.05, 3.63) is 64.3 Å². The Labute approximate surface area is 222 Å². The lowest BCUT2D eigenvalue weighted by molar-refractivity contribution is -0.143. The van der Waals surface area contributed by atoms with E-state index in [9.17, 15) is 24.3 Å². The van der Waals surface area contributed by atoms with Gasteiger partial charge in [0.2, 0.25) is 11.8 Å². The number of Topliss-reactive ketones (excluding diaryl/α,β-unsaturated/α-hetero) is 1. The SMILES string of the molecule is CC1=CC(=O)C2=C(CC3C(=CCC4C(=O)N(C5CCCCC5)C(=O)C43)C2c2ccccc2OCCO)C1=O. The number of amides is 2. The molecule has 1 saturated carbocycles. The number of aliphatic hydroxyl groups excluding tert-OH is 1. The minimum Gasteiger partial charge on any atom is -0.491 e. The van der Waals surface area contributed by atoms with Crippen LogP contribution in [0.2, 0.25) is 0 Å². The van der Waals surface area contributed by atoms with Gasteiger partial charge in [0, 0.05) is 34.2 Å². The van der Waals surface area contributed by atoms with Gasteiger partial charge in [-0.3, -0.25) is 24.1 Å². The molecule has 1 aliphatic heterocycles. The monoisotopic (exact) mass is 515 g/mol. The van der Waals surface area contributed by atoms with Crippen LogP contribution in [0.4, 0.5) is 0 Å². The van der Waals surface area contributed by atoms with E-state index in [0.717, 1.165) is 43.2 Å². The van der Waals surface area contributed by atoms with Gasteiger partial charge in [0.25, 0.3) is 0 Å². The summed E-state index contributed by atoms with van der Waals surface area (Å²) >= 11 is 0. The number of ether oxygens (including phenoxy) is 1. The third kappa shape index (κ3) is 3.82. The highest BCUT2D eigenvalue weighted by molar-refractivity contribution is 6.23. The molecular formula is C31H33NO6. The van der Waals surface area contributed by atoms with E-state index in [-0.39, 0.29) is 55.0 Å². The van der Waals surface area contributed by atoms with Gasteiger partial charge in [-0.25, -0.2) is 0 Å². The van der Waals surface area contributed by atoms with Gasteiger partial charge in [-0.1, -0.05) is 49.1 Å². The van der Waals surface area contributed by atoms with E-state index in [1.165, 1.54) is 6.08 Å². The minimum absolute atomic E-state index is 0.0392. The quantitative estimate of drug-likeness (QED) is 0.364. The zero-order valence-electron chi connectivity index (χ0n) is 21.7. The molecule has 1 saturated heterocycles. The average molecular weight is 516 g/mol. The van der Waals surface area contributed by atoms with Crippen LogP contribution < -0.4 is 4.74 Å². The fourth-order valence-corrected chi connectivity index (χ4v) is 7.47. The molecule has 6 rings (SSSR count). The van der Waals surface area contributed by atoms with Crippen molar-refractivity contribution >= 4 is 23.4 Å². The molecule has 1 aromatic rings. The predicted octanol–water partition coefficient (Wildman–Crippen LogP) is 3.82. The molecule has 4 aliphatic carbocycles. The second kappa shape index (κ2) is 9.77. The van der Waals surface area contributed by atoms with Crippen molar-refractivity contribution < 1.29 is 29.0 Å². The number of para-hydroxylation sites is 1. The normalized spacial score (nSPS) is 29.6. The molecular weight excluding hydrogens is 482 g/mol. The summed E-state index contributed by atoms with van der Waals surface area (Å²) in [4.78, 5) is 56.0. The zero-order valence-corrected chi connectivity index (χ0v) is 21.7. The number of allylic oxidation sites excluding steroid dienone is 6. The molecule has 38 heavy (non-hydrogen) atoms. The van der Waals surface area contributed by atoms with E-state index in [1.807, 2.05) is 24.3 Å². The molecule has 0 radical (unpaired) electrons. The second-order valence-corrected chi connectivity index (χ2v) is 11.2.